The normalized spacial score (nSPS) is 21.6. The van der Waals surface area contributed by atoms with E-state index in [4.69, 9.17) is 4.74 Å². The summed E-state index contributed by atoms with van der Waals surface area (Å²) in [7, 11) is 1.63. The van der Waals surface area contributed by atoms with Crippen LogP contribution in [-0.2, 0) is 16.1 Å². The molecule has 3 atom stereocenters. The van der Waals surface area contributed by atoms with E-state index in [0.29, 0.717) is 26.2 Å². The van der Waals surface area contributed by atoms with Crippen LogP contribution in [-0.4, -0.2) is 61.8 Å². The summed E-state index contributed by atoms with van der Waals surface area (Å²) < 4.78 is 5.48. The molecule has 0 spiro atoms. The number of urea groups is 1. The van der Waals surface area contributed by atoms with Crippen molar-refractivity contribution in [2.45, 2.75) is 38.6 Å². The first kappa shape index (κ1) is 19.2. The van der Waals surface area contributed by atoms with Crippen molar-refractivity contribution in [3.63, 3.8) is 0 Å². The zero-order valence-electron chi connectivity index (χ0n) is 15.1. The Morgan fingerprint density at radius 3 is 2.60 bits per heavy atom. The number of benzene rings is 1. The van der Waals surface area contributed by atoms with Crippen LogP contribution in [0.3, 0.4) is 0 Å². The average molecular weight is 348 g/mol. The molecular formula is C18H28N4O3. The number of hydrogen-bond donors (Lipinski definition) is 3. The fourth-order valence-corrected chi connectivity index (χ4v) is 2.98. The SMILES string of the molecule is CCNC(=O)N[C@H]1CN([C@H](C)C(=O)NCc2ccccc2)C[C@@H]1OC. The van der Waals surface area contributed by atoms with Gasteiger partial charge in [-0.25, -0.2) is 4.79 Å². The minimum Gasteiger partial charge on any atom is -0.378 e. The van der Waals surface area contributed by atoms with Crippen molar-refractivity contribution in [3.8, 4) is 0 Å². The van der Waals surface area contributed by atoms with Crippen molar-refractivity contribution in [1.29, 1.82) is 0 Å². The number of likely N-dealkylation sites (tertiary alicyclic amines) is 1. The second kappa shape index (κ2) is 9.39. The molecule has 138 valence electrons. The zero-order chi connectivity index (χ0) is 18.2. The van der Waals surface area contributed by atoms with E-state index >= 15 is 0 Å². The predicted octanol–water partition coefficient (Wildman–Crippen LogP) is 0.710. The summed E-state index contributed by atoms with van der Waals surface area (Å²) in [5, 5.41) is 8.60. The second-order valence-corrected chi connectivity index (χ2v) is 6.22. The van der Waals surface area contributed by atoms with Crippen molar-refractivity contribution >= 4 is 11.9 Å². The standard InChI is InChI=1S/C18H28N4O3/c1-4-19-18(24)21-15-11-22(12-16(15)25-3)13(2)17(23)20-10-14-8-6-5-7-9-14/h5-9,13,15-16H,4,10-12H2,1-3H3,(H,20,23)(H2,19,21,24)/t13-,15+,16+/m1/s1. The first-order chi connectivity index (χ1) is 12.0. The zero-order valence-corrected chi connectivity index (χ0v) is 15.1. The predicted molar refractivity (Wildman–Crippen MR) is 96.1 cm³/mol. The molecule has 1 aromatic carbocycles. The molecule has 3 amide bonds. The fraction of sp³-hybridized carbons (Fsp3) is 0.556. The van der Waals surface area contributed by atoms with Crippen molar-refractivity contribution < 1.29 is 14.3 Å². The van der Waals surface area contributed by atoms with Crippen LogP contribution in [0.25, 0.3) is 0 Å². The highest BCUT2D eigenvalue weighted by atomic mass is 16.5. The lowest BCUT2D eigenvalue weighted by Gasteiger charge is -2.23. The third-order valence-corrected chi connectivity index (χ3v) is 4.49. The molecular weight excluding hydrogens is 320 g/mol. The van der Waals surface area contributed by atoms with Crippen molar-refractivity contribution in [2.75, 3.05) is 26.7 Å². The molecule has 0 aromatic heterocycles. The monoisotopic (exact) mass is 348 g/mol. The molecule has 1 heterocycles. The van der Waals surface area contributed by atoms with Gasteiger partial charge in [-0.1, -0.05) is 30.3 Å². The molecule has 1 aromatic rings. The van der Waals surface area contributed by atoms with Gasteiger partial charge < -0.3 is 20.7 Å². The van der Waals surface area contributed by atoms with Crippen molar-refractivity contribution in [3.05, 3.63) is 35.9 Å². The molecule has 2 rings (SSSR count). The maximum Gasteiger partial charge on any atom is 0.315 e. The lowest BCUT2D eigenvalue weighted by atomic mass is 10.2. The van der Waals surface area contributed by atoms with Gasteiger partial charge in [-0.05, 0) is 19.4 Å². The van der Waals surface area contributed by atoms with E-state index in [9.17, 15) is 9.59 Å². The molecule has 7 heteroatoms. The molecule has 0 radical (unpaired) electrons. The van der Waals surface area contributed by atoms with Gasteiger partial charge in [-0.3, -0.25) is 9.69 Å². The van der Waals surface area contributed by atoms with Crippen molar-refractivity contribution in [2.24, 2.45) is 0 Å². The van der Waals surface area contributed by atoms with Crippen LogP contribution >= 0.6 is 0 Å². The van der Waals surface area contributed by atoms with E-state index in [-0.39, 0.29) is 30.1 Å². The molecule has 25 heavy (non-hydrogen) atoms. The van der Waals surface area contributed by atoms with Gasteiger partial charge in [0.1, 0.15) is 0 Å². The highest BCUT2D eigenvalue weighted by molar-refractivity contribution is 5.81. The van der Waals surface area contributed by atoms with Gasteiger partial charge >= 0.3 is 6.03 Å². The Labute approximate surface area is 149 Å². The summed E-state index contributed by atoms with van der Waals surface area (Å²) in [5.41, 5.74) is 1.06. The molecule has 0 aliphatic carbocycles. The maximum atomic E-state index is 12.4. The van der Waals surface area contributed by atoms with Gasteiger partial charge in [0.05, 0.1) is 18.2 Å². The van der Waals surface area contributed by atoms with Gasteiger partial charge in [-0.15, -0.1) is 0 Å². The minimum absolute atomic E-state index is 0.0302. The molecule has 1 aliphatic heterocycles. The van der Waals surface area contributed by atoms with E-state index < -0.39 is 0 Å². The Bertz CT molecular complexity index is 567. The topological polar surface area (TPSA) is 82.7 Å². The van der Waals surface area contributed by atoms with Crippen LogP contribution in [0.4, 0.5) is 4.79 Å². The lowest BCUT2D eigenvalue weighted by molar-refractivity contribution is -0.125. The summed E-state index contributed by atoms with van der Waals surface area (Å²) >= 11 is 0. The fourth-order valence-electron chi connectivity index (χ4n) is 2.98. The summed E-state index contributed by atoms with van der Waals surface area (Å²) in [6, 6.07) is 9.17. The number of carbonyl (C=O) groups is 2. The molecule has 1 fully saturated rings. The summed E-state index contributed by atoms with van der Waals surface area (Å²) in [6.45, 7) is 6.00. The number of hydrogen-bond acceptors (Lipinski definition) is 4. The summed E-state index contributed by atoms with van der Waals surface area (Å²) in [4.78, 5) is 26.2. The van der Waals surface area contributed by atoms with E-state index in [0.717, 1.165) is 5.56 Å². The van der Waals surface area contributed by atoms with Crippen LogP contribution in [0.2, 0.25) is 0 Å². The first-order valence-corrected chi connectivity index (χ1v) is 8.68. The Balaban J connectivity index is 1.87. The minimum atomic E-state index is -0.289. The highest BCUT2D eigenvalue weighted by Gasteiger charge is 2.37. The largest absolute Gasteiger partial charge is 0.378 e. The molecule has 3 N–H and O–H groups in total. The first-order valence-electron chi connectivity index (χ1n) is 8.68. The van der Waals surface area contributed by atoms with Gasteiger partial charge in [0.15, 0.2) is 0 Å². The second-order valence-electron chi connectivity index (χ2n) is 6.22. The number of rotatable bonds is 7. The molecule has 0 unspecified atom stereocenters. The summed E-state index contributed by atoms with van der Waals surface area (Å²) in [5.74, 6) is -0.0302. The molecule has 1 aliphatic rings. The highest BCUT2D eigenvalue weighted by Crippen LogP contribution is 2.16. The molecule has 1 saturated heterocycles. The lowest BCUT2D eigenvalue weighted by Crippen LogP contribution is -2.48. The Morgan fingerprint density at radius 1 is 1.24 bits per heavy atom. The maximum absolute atomic E-state index is 12.4. The van der Waals surface area contributed by atoms with E-state index in [1.165, 1.54) is 0 Å². The third kappa shape index (κ3) is 5.44. The van der Waals surface area contributed by atoms with E-state index in [1.807, 2.05) is 49.1 Å². The smallest absolute Gasteiger partial charge is 0.315 e. The van der Waals surface area contributed by atoms with Gasteiger partial charge in [0, 0.05) is 33.3 Å². The Hall–Kier alpha value is -2.12. The van der Waals surface area contributed by atoms with Crippen LogP contribution < -0.4 is 16.0 Å². The number of methoxy groups -OCH3 is 1. The quantitative estimate of drug-likeness (QED) is 0.678. The van der Waals surface area contributed by atoms with Crippen molar-refractivity contribution in [1.82, 2.24) is 20.9 Å². The third-order valence-electron chi connectivity index (χ3n) is 4.49. The number of nitrogens with zero attached hydrogens (tertiary/aromatic N) is 1. The average Bonchev–Trinajstić information content (AvgIpc) is 3.02. The molecule has 0 saturated carbocycles. The van der Waals surface area contributed by atoms with Gasteiger partial charge in [0.25, 0.3) is 0 Å². The van der Waals surface area contributed by atoms with E-state index in [1.54, 1.807) is 7.11 Å². The van der Waals surface area contributed by atoms with Gasteiger partial charge in [0.2, 0.25) is 5.91 Å². The van der Waals surface area contributed by atoms with Crippen LogP contribution in [0.15, 0.2) is 30.3 Å². The number of ether oxygens (including phenoxy) is 1. The van der Waals surface area contributed by atoms with Gasteiger partial charge in [-0.2, -0.15) is 0 Å². The Morgan fingerprint density at radius 2 is 1.96 bits per heavy atom. The number of nitrogens with one attached hydrogen (secondary N) is 3. The molecule has 7 nitrogen and oxygen atoms in total. The Kier molecular flexibility index (Phi) is 7.21. The van der Waals surface area contributed by atoms with Crippen LogP contribution in [0.5, 0.6) is 0 Å². The molecule has 0 bridgehead atoms. The van der Waals surface area contributed by atoms with Crippen LogP contribution in [0.1, 0.15) is 19.4 Å². The number of amides is 3. The van der Waals surface area contributed by atoms with Crippen LogP contribution in [0, 0.1) is 0 Å². The summed E-state index contributed by atoms with van der Waals surface area (Å²) in [6.07, 6.45) is -0.132. The number of carbonyl (C=O) groups excluding carboxylic acids is 2. The van der Waals surface area contributed by atoms with E-state index in [2.05, 4.69) is 16.0 Å².